The van der Waals surface area contributed by atoms with E-state index in [-0.39, 0.29) is 24.4 Å². The van der Waals surface area contributed by atoms with Gasteiger partial charge in [0.15, 0.2) is 0 Å². The van der Waals surface area contributed by atoms with Gasteiger partial charge in [-0.3, -0.25) is 10.1 Å². The number of nitrogens with one attached hydrogen (secondary N) is 1. The van der Waals surface area contributed by atoms with E-state index in [2.05, 4.69) is 5.32 Å². The number of amides is 1. The van der Waals surface area contributed by atoms with Gasteiger partial charge >= 0.3 is 0 Å². The zero-order valence-corrected chi connectivity index (χ0v) is 12.5. The highest BCUT2D eigenvalue weighted by Crippen LogP contribution is 2.19. The molecule has 106 valence electrons. The fraction of sp³-hybridized carbons (Fsp3) is 0.917. The number of ether oxygens (including phenoxy) is 1. The molecule has 0 aromatic rings. The molecule has 0 saturated carbocycles. The van der Waals surface area contributed by atoms with Crippen molar-refractivity contribution >= 4 is 30.1 Å². The van der Waals surface area contributed by atoms with Crippen molar-refractivity contribution in [3.05, 3.63) is 0 Å². The lowest BCUT2D eigenvalue weighted by molar-refractivity contribution is -0.134. The summed E-state index contributed by atoms with van der Waals surface area (Å²) >= 11 is 1.81. The van der Waals surface area contributed by atoms with Crippen LogP contribution in [0.25, 0.3) is 0 Å². The van der Waals surface area contributed by atoms with E-state index >= 15 is 0 Å². The van der Waals surface area contributed by atoms with Crippen molar-refractivity contribution in [3.8, 4) is 0 Å². The maximum absolute atomic E-state index is 12.2. The lowest BCUT2D eigenvalue weighted by atomic mass is 9.98. The lowest BCUT2D eigenvalue weighted by Gasteiger charge is -2.34. The number of carbonyl (C=O) groups excluding carboxylic acids is 1. The molecule has 4 nitrogen and oxygen atoms in total. The van der Waals surface area contributed by atoms with Gasteiger partial charge in [0, 0.05) is 31.3 Å². The smallest absolute Gasteiger partial charge is 0.240 e. The number of hydrogen-bond donors (Lipinski definition) is 1. The molecule has 1 amide bonds. The summed E-state index contributed by atoms with van der Waals surface area (Å²) in [4.78, 5) is 14.3. The standard InChI is InChI=1S/C12H22N2O2S.ClH/c1-2-16-7-10-4-3-5-14(6-10)12(15)11-8-17-9-13-11;/h10-11,13H,2-9H2,1H3;1H. The first-order valence-corrected chi connectivity index (χ1v) is 7.64. The molecule has 2 atom stereocenters. The van der Waals surface area contributed by atoms with E-state index in [9.17, 15) is 4.79 Å². The first-order chi connectivity index (χ1) is 8.31. The van der Waals surface area contributed by atoms with Crippen LogP contribution in [0.5, 0.6) is 0 Å². The predicted octanol–water partition coefficient (Wildman–Crippen LogP) is 1.35. The number of piperidine rings is 1. The predicted molar refractivity (Wildman–Crippen MR) is 77.3 cm³/mol. The van der Waals surface area contributed by atoms with E-state index in [1.54, 1.807) is 11.8 Å². The number of likely N-dealkylation sites (tertiary alicyclic amines) is 1. The maximum Gasteiger partial charge on any atom is 0.240 e. The molecule has 2 aliphatic rings. The first kappa shape index (κ1) is 16.1. The van der Waals surface area contributed by atoms with Crippen molar-refractivity contribution in [2.75, 3.05) is 37.9 Å². The van der Waals surface area contributed by atoms with Crippen LogP contribution in [0.3, 0.4) is 0 Å². The van der Waals surface area contributed by atoms with Crippen LogP contribution in [0.4, 0.5) is 0 Å². The van der Waals surface area contributed by atoms with E-state index in [1.165, 1.54) is 6.42 Å². The van der Waals surface area contributed by atoms with Crippen LogP contribution >= 0.6 is 24.2 Å². The van der Waals surface area contributed by atoms with Crippen LogP contribution in [0, 0.1) is 5.92 Å². The number of carbonyl (C=O) groups is 1. The molecular formula is C12H23ClN2O2S. The molecular weight excluding hydrogens is 272 g/mol. The van der Waals surface area contributed by atoms with Crippen molar-refractivity contribution < 1.29 is 9.53 Å². The Morgan fingerprint density at radius 2 is 2.39 bits per heavy atom. The van der Waals surface area contributed by atoms with E-state index in [0.29, 0.717) is 5.92 Å². The van der Waals surface area contributed by atoms with Gasteiger partial charge in [0.2, 0.25) is 5.91 Å². The number of thioether (sulfide) groups is 1. The summed E-state index contributed by atoms with van der Waals surface area (Å²) in [6.45, 7) is 5.38. The zero-order chi connectivity index (χ0) is 12.1. The fourth-order valence-electron chi connectivity index (χ4n) is 2.46. The fourth-order valence-corrected chi connectivity index (χ4v) is 3.39. The van der Waals surface area contributed by atoms with Gasteiger partial charge < -0.3 is 9.64 Å². The summed E-state index contributed by atoms with van der Waals surface area (Å²) in [7, 11) is 0. The molecule has 0 radical (unpaired) electrons. The Labute approximate surface area is 120 Å². The highest BCUT2D eigenvalue weighted by Gasteiger charge is 2.30. The van der Waals surface area contributed by atoms with Crippen molar-refractivity contribution in [2.24, 2.45) is 5.92 Å². The summed E-state index contributed by atoms with van der Waals surface area (Å²) in [5.74, 6) is 2.65. The Bertz CT molecular complexity index is 262. The number of halogens is 1. The van der Waals surface area contributed by atoms with Crippen molar-refractivity contribution in [2.45, 2.75) is 25.8 Å². The largest absolute Gasteiger partial charge is 0.381 e. The quantitative estimate of drug-likeness (QED) is 0.850. The summed E-state index contributed by atoms with van der Waals surface area (Å²) < 4.78 is 5.47. The molecule has 2 aliphatic heterocycles. The topological polar surface area (TPSA) is 41.6 Å². The van der Waals surface area contributed by atoms with E-state index < -0.39 is 0 Å². The summed E-state index contributed by atoms with van der Waals surface area (Å²) in [5.41, 5.74) is 0. The molecule has 0 aliphatic carbocycles. The molecule has 2 heterocycles. The van der Waals surface area contributed by atoms with E-state index in [1.807, 2.05) is 11.8 Å². The second kappa shape index (κ2) is 8.25. The highest BCUT2D eigenvalue weighted by molar-refractivity contribution is 7.99. The Morgan fingerprint density at radius 1 is 1.56 bits per heavy atom. The number of hydrogen-bond acceptors (Lipinski definition) is 4. The van der Waals surface area contributed by atoms with Crippen molar-refractivity contribution in [1.29, 1.82) is 0 Å². The molecule has 2 rings (SSSR count). The second-order valence-electron chi connectivity index (χ2n) is 4.72. The molecule has 1 N–H and O–H groups in total. The Morgan fingerprint density at radius 3 is 3.06 bits per heavy atom. The van der Waals surface area contributed by atoms with E-state index in [4.69, 9.17) is 4.74 Å². The Balaban J connectivity index is 0.00000162. The number of nitrogens with zero attached hydrogens (tertiary/aromatic N) is 1. The molecule has 0 aromatic carbocycles. The minimum Gasteiger partial charge on any atom is -0.381 e. The van der Waals surface area contributed by atoms with Crippen LogP contribution < -0.4 is 5.32 Å². The van der Waals surface area contributed by atoms with Crippen LogP contribution in [0.2, 0.25) is 0 Å². The third kappa shape index (κ3) is 4.30. The lowest BCUT2D eigenvalue weighted by Crippen LogP contribution is -2.49. The van der Waals surface area contributed by atoms with Gasteiger partial charge in [-0.2, -0.15) is 0 Å². The minimum atomic E-state index is 0. The van der Waals surface area contributed by atoms with Crippen LogP contribution in [0.15, 0.2) is 0 Å². The van der Waals surface area contributed by atoms with Gasteiger partial charge in [-0.15, -0.1) is 24.2 Å². The van der Waals surface area contributed by atoms with Gasteiger partial charge in [-0.25, -0.2) is 0 Å². The molecule has 0 spiro atoms. The van der Waals surface area contributed by atoms with Crippen LogP contribution in [0.1, 0.15) is 19.8 Å². The van der Waals surface area contributed by atoms with Gasteiger partial charge in [0.25, 0.3) is 0 Å². The van der Waals surface area contributed by atoms with Crippen molar-refractivity contribution in [1.82, 2.24) is 10.2 Å². The van der Waals surface area contributed by atoms with Gasteiger partial charge in [-0.1, -0.05) is 0 Å². The Kier molecular flexibility index (Phi) is 7.37. The molecule has 2 unspecified atom stereocenters. The SMILES string of the molecule is CCOCC1CCCN(C(=O)C2CSCN2)C1.Cl. The summed E-state index contributed by atoms with van der Waals surface area (Å²) in [6.07, 6.45) is 2.31. The maximum atomic E-state index is 12.2. The minimum absolute atomic E-state index is 0. The first-order valence-electron chi connectivity index (χ1n) is 6.49. The van der Waals surface area contributed by atoms with Crippen LogP contribution in [-0.2, 0) is 9.53 Å². The number of rotatable bonds is 4. The zero-order valence-electron chi connectivity index (χ0n) is 10.9. The second-order valence-corrected chi connectivity index (χ2v) is 5.75. The van der Waals surface area contributed by atoms with Gasteiger partial charge in [0.1, 0.15) is 0 Å². The monoisotopic (exact) mass is 294 g/mol. The van der Waals surface area contributed by atoms with E-state index in [0.717, 1.165) is 44.4 Å². The highest BCUT2D eigenvalue weighted by atomic mass is 35.5. The normalized spacial score (nSPS) is 27.9. The van der Waals surface area contributed by atoms with Crippen molar-refractivity contribution in [3.63, 3.8) is 0 Å². The third-order valence-electron chi connectivity index (χ3n) is 3.40. The summed E-state index contributed by atoms with van der Waals surface area (Å²) in [5, 5.41) is 3.25. The molecule has 6 heteroatoms. The van der Waals surface area contributed by atoms with Gasteiger partial charge in [0.05, 0.1) is 12.6 Å². The third-order valence-corrected chi connectivity index (χ3v) is 4.34. The average molecular weight is 295 g/mol. The molecule has 2 fully saturated rings. The molecule has 0 aromatic heterocycles. The average Bonchev–Trinajstić information content (AvgIpc) is 2.89. The van der Waals surface area contributed by atoms with Gasteiger partial charge in [-0.05, 0) is 25.7 Å². The molecule has 0 bridgehead atoms. The molecule has 2 saturated heterocycles. The van der Waals surface area contributed by atoms with Crippen LogP contribution in [-0.4, -0.2) is 54.8 Å². The molecule has 18 heavy (non-hydrogen) atoms. The Hall–Kier alpha value is 0.0300. The summed E-state index contributed by atoms with van der Waals surface area (Å²) in [6, 6.07) is 0.0471.